The number of carbonyl (C=O) groups excluding carboxylic acids is 1. The number of hydrogen-bond donors (Lipinski definition) is 2. The summed E-state index contributed by atoms with van der Waals surface area (Å²) in [4.78, 5) is 27.3. The smallest absolute Gasteiger partial charge is 0.229 e. The lowest BCUT2D eigenvalue weighted by Gasteiger charge is -2.03. The van der Waals surface area contributed by atoms with Crippen LogP contribution in [-0.4, -0.2) is 25.8 Å². The molecule has 1 aromatic carbocycles. The van der Waals surface area contributed by atoms with Crippen LogP contribution in [0.3, 0.4) is 0 Å². The second-order valence-corrected chi connectivity index (χ2v) is 5.65. The van der Waals surface area contributed by atoms with Gasteiger partial charge in [0.25, 0.3) is 0 Å². The van der Waals surface area contributed by atoms with Gasteiger partial charge in [0, 0.05) is 36.1 Å². The Bertz CT molecular complexity index is 882. The van der Waals surface area contributed by atoms with E-state index in [4.69, 9.17) is 0 Å². The Morgan fingerprint density at radius 3 is 2.30 bits per heavy atom. The van der Waals surface area contributed by atoms with Gasteiger partial charge in [-0.15, -0.1) is 24.8 Å². The Balaban J connectivity index is 0.00000182. The van der Waals surface area contributed by atoms with Crippen molar-refractivity contribution in [3.63, 3.8) is 0 Å². The number of carbonyl (C=O) groups is 1. The molecule has 0 saturated carbocycles. The fraction of sp³-hybridized carbons (Fsp3) is 0.222. The zero-order valence-electron chi connectivity index (χ0n) is 14.8. The first-order valence-corrected chi connectivity index (χ1v) is 8.01. The van der Waals surface area contributed by atoms with E-state index in [0.29, 0.717) is 5.82 Å². The van der Waals surface area contributed by atoms with Crippen molar-refractivity contribution < 1.29 is 9.18 Å². The van der Waals surface area contributed by atoms with E-state index in [0.717, 1.165) is 35.4 Å². The van der Waals surface area contributed by atoms with Crippen LogP contribution in [0.15, 0.2) is 36.7 Å². The third-order valence-corrected chi connectivity index (χ3v) is 3.61. The Morgan fingerprint density at radius 1 is 1.11 bits per heavy atom. The molecule has 0 aliphatic rings. The van der Waals surface area contributed by atoms with Gasteiger partial charge in [-0.1, -0.05) is 13.3 Å². The minimum atomic E-state index is -0.286. The van der Waals surface area contributed by atoms with Gasteiger partial charge in [0.05, 0.1) is 5.69 Å². The summed E-state index contributed by atoms with van der Waals surface area (Å²) < 4.78 is 13.1. The highest BCUT2D eigenvalue weighted by Crippen LogP contribution is 2.26. The van der Waals surface area contributed by atoms with Gasteiger partial charge in [0.15, 0.2) is 0 Å². The molecule has 0 unspecified atom stereocenters. The van der Waals surface area contributed by atoms with Crippen LogP contribution in [0, 0.1) is 5.82 Å². The molecule has 27 heavy (non-hydrogen) atoms. The van der Waals surface area contributed by atoms with Crippen molar-refractivity contribution >= 4 is 36.7 Å². The minimum Gasteiger partial charge on any atom is -0.341 e. The Labute approximate surface area is 168 Å². The average molecular weight is 412 g/mol. The molecular weight excluding hydrogens is 392 g/mol. The van der Waals surface area contributed by atoms with Gasteiger partial charge >= 0.3 is 0 Å². The average Bonchev–Trinajstić information content (AvgIpc) is 3.00. The van der Waals surface area contributed by atoms with Crippen molar-refractivity contribution in [2.45, 2.75) is 26.7 Å². The first-order valence-electron chi connectivity index (χ1n) is 8.01. The summed E-state index contributed by atoms with van der Waals surface area (Å²) in [6.45, 7) is 3.48. The van der Waals surface area contributed by atoms with Crippen molar-refractivity contribution in [1.29, 1.82) is 0 Å². The van der Waals surface area contributed by atoms with Crippen molar-refractivity contribution in [1.82, 2.24) is 19.9 Å². The number of rotatable bonds is 5. The van der Waals surface area contributed by atoms with Gasteiger partial charge < -0.3 is 4.98 Å². The van der Waals surface area contributed by atoms with E-state index in [-0.39, 0.29) is 42.5 Å². The lowest BCUT2D eigenvalue weighted by atomic mass is 10.1. The fourth-order valence-electron chi connectivity index (χ4n) is 2.50. The Hall–Kier alpha value is -2.51. The third-order valence-electron chi connectivity index (χ3n) is 3.61. The number of nitrogens with zero attached hydrogens (tertiary/aromatic N) is 3. The molecule has 6 nitrogen and oxygen atoms in total. The lowest BCUT2D eigenvalue weighted by Crippen LogP contribution is -2.08. The molecule has 1 amide bonds. The van der Waals surface area contributed by atoms with Crippen LogP contribution < -0.4 is 5.32 Å². The molecule has 9 heteroatoms. The zero-order valence-corrected chi connectivity index (χ0v) is 16.5. The van der Waals surface area contributed by atoms with E-state index in [1.165, 1.54) is 19.1 Å². The van der Waals surface area contributed by atoms with Crippen LogP contribution in [-0.2, 0) is 11.2 Å². The van der Waals surface area contributed by atoms with Crippen molar-refractivity contribution in [3.8, 4) is 22.6 Å². The number of aryl methyl sites for hydroxylation is 1. The van der Waals surface area contributed by atoms with E-state index >= 15 is 0 Å². The largest absolute Gasteiger partial charge is 0.341 e. The van der Waals surface area contributed by atoms with Crippen LogP contribution in [0.5, 0.6) is 0 Å². The topological polar surface area (TPSA) is 83.6 Å². The standard InChI is InChI=1S/C18H18FN5O.2ClH/c1-3-4-15-16(13-9-20-18(21-10-13)22-11(2)25)24-17(23-15)12-5-7-14(19)8-6-12;;/h5-10H,3-4H2,1-2H3,(H,23,24)(H,20,21,22,25);2*1H. The second kappa shape index (κ2) is 9.99. The molecule has 0 saturated heterocycles. The van der Waals surface area contributed by atoms with E-state index in [1.54, 1.807) is 24.5 Å². The number of halogens is 3. The van der Waals surface area contributed by atoms with Crippen LogP contribution in [0.2, 0.25) is 0 Å². The van der Waals surface area contributed by atoms with Gasteiger partial charge in [0.1, 0.15) is 11.6 Å². The molecule has 144 valence electrons. The number of H-pyrrole nitrogens is 1. The van der Waals surface area contributed by atoms with Crippen LogP contribution in [0.4, 0.5) is 10.3 Å². The summed E-state index contributed by atoms with van der Waals surface area (Å²) in [6, 6.07) is 6.18. The van der Waals surface area contributed by atoms with Gasteiger partial charge in [-0.2, -0.15) is 0 Å². The number of aromatic amines is 1. The number of amides is 1. The highest BCUT2D eigenvalue weighted by atomic mass is 35.5. The van der Waals surface area contributed by atoms with Crippen LogP contribution in [0.25, 0.3) is 22.6 Å². The minimum absolute atomic E-state index is 0. The SMILES string of the molecule is CCCc1[nH]c(-c2ccc(F)cc2)nc1-c1cnc(NC(C)=O)nc1.Cl.Cl. The summed E-state index contributed by atoms with van der Waals surface area (Å²) in [5.41, 5.74) is 3.29. The molecule has 0 fully saturated rings. The van der Waals surface area contributed by atoms with Crippen molar-refractivity contribution in [2.75, 3.05) is 5.32 Å². The van der Waals surface area contributed by atoms with Crippen molar-refractivity contribution in [2.24, 2.45) is 0 Å². The molecule has 0 atom stereocenters. The predicted molar refractivity (Wildman–Crippen MR) is 108 cm³/mol. The highest BCUT2D eigenvalue weighted by Gasteiger charge is 2.14. The van der Waals surface area contributed by atoms with E-state index in [2.05, 4.69) is 32.2 Å². The van der Waals surface area contributed by atoms with Crippen molar-refractivity contribution in [3.05, 3.63) is 48.2 Å². The molecule has 3 aromatic rings. The summed E-state index contributed by atoms with van der Waals surface area (Å²) in [5.74, 6) is 0.413. The fourth-order valence-corrected chi connectivity index (χ4v) is 2.50. The number of benzene rings is 1. The van der Waals surface area contributed by atoms with Gasteiger partial charge in [-0.05, 0) is 30.7 Å². The monoisotopic (exact) mass is 411 g/mol. The van der Waals surface area contributed by atoms with E-state index < -0.39 is 0 Å². The highest BCUT2D eigenvalue weighted by molar-refractivity contribution is 5.86. The number of imidazole rings is 1. The normalized spacial score (nSPS) is 9.89. The quantitative estimate of drug-likeness (QED) is 0.650. The molecule has 2 N–H and O–H groups in total. The second-order valence-electron chi connectivity index (χ2n) is 5.65. The molecule has 3 rings (SSSR count). The lowest BCUT2D eigenvalue weighted by molar-refractivity contribution is -0.114. The zero-order chi connectivity index (χ0) is 17.8. The van der Waals surface area contributed by atoms with Crippen LogP contribution >= 0.6 is 24.8 Å². The number of hydrogen-bond acceptors (Lipinski definition) is 4. The molecular formula is C18H20Cl2FN5O. The van der Waals surface area contributed by atoms with Gasteiger partial charge in [-0.3, -0.25) is 10.1 Å². The maximum Gasteiger partial charge on any atom is 0.229 e. The van der Waals surface area contributed by atoms with Gasteiger partial charge in [-0.25, -0.2) is 19.3 Å². The summed E-state index contributed by atoms with van der Waals surface area (Å²) in [6.07, 6.45) is 5.02. The molecule has 0 radical (unpaired) electrons. The number of anilines is 1. The van der Waals surface area contributed by atoms with E-state index in [9.17, 15) is 9.18 Å². The Morgan fingerprint density at radius 2 is 1.74 bits per heavy atom. The summed E-state index contributed by atoms with van der Waals surface area (Å²) in [5, 5.41) is 2.53. The Kier molecular flexibility index (Phi) is 8.33. The summed E-state index contributed by atoms with van der Waals surface area (Å²) in [7, 11) is 0. The maximum absolute atomic E-state index is 13.1. The van der Waals surface area contributed by atoms with Crippen LogP contribution in [0.1, 0.15) is 26.0 Å². The first-order chi connectivity index (χ1) is 12.1. The first kappa shape index (κ1) is 22.5. The predicted octanol–water partition coefficient (Wildman–Crippen LogP) is 4.43. The molecule has 0 aliphatic carbocycles. The third kappa shape index (κ3) is 5.48. The van der Waals surface area contributed by atoms with E-state index in [1.807, 2.05) is 0 Å². The molecule has 0 bridgehead atoms. The van der Waals surface area contributed by atoms with Gasteiger partial charge in [0.2, 0.25) is 11.9 Å². The molecule has 0 spiro atoms. The molecule has 0 aliphatic heterocycles. The number of nitrogens with one attached hydrogen (secondary N) is 2. The molecule has 2 aromatic heterocycles. The molecule has 2 heterocycles. The summed E-state index contributed by atoms with van der Waals surface area (Å²) >= 11 is 0. The maximum atomic E-state index is 13.1. The number of aromatic nitrogens is 4.